The fraction of sp³-hybridized carbons (Fsp3) is 0.300. The average molecular weight is 409 g/mol. The van der Waals surface area contributed by atoms with Crippen molar-refractivity contribution in [3.8, 4) is 11.6 Å². The number of halogens is 2. The van der Waals surface area contributed by atoms with Gasteiger partial charge in [0.25, 0.3) is 0 Å². The van der Waals surface area contributed by atoms with Crippen molar-refractivity contribution >= 4 is 34.8 Å². The Morgan fingerprint density at radius 1 is 1.15 bits per heavy atom. The Hall–Kier alpha value is -2.24. The van der Waals surface area contributed by atoms with Crippen LogP contribution < -0.4 is 4.74 Å². The van der Waals surface area contributed by atoms with Crippen molar-refractivity contribution in [3.63, 3.8) is 0 Å². The van der Waals surface area contributed by atoms with Crippen molar-refractivity contribution in [1.29, 1.82) is 0 Å². The van der Waals surface area contributed by atoms with Crippen molar-refractivity contribution in [3.05, 3.63) is 57.2 Å². The second-order valence-electron chi connectivity index (χ2n) is 6.31. The van der Waals surface area contributed by atoms with Gasteiger partial charge in [-0.2, -0.15) is 0 Å². The molecule has 0 saturated carbocycles. The summed E-state index contributed by atoms with van der Waals surface area (Å²) in [5, 5.41) is 10.3. The van der Waals surface area contributed by atoms with Crippen molar-refractivity contribution in [1.82, 2.24) is 4.98 Å². The summed E-state index contributed by atoms with van der Waals surface area (Å²) in [7, 11) is 1.52. The van der Waals surface area contributed by atoms with Crippen molar-refractivity contribution < 1.29 is 14.6 Å². The van der Waals surface area contributed by atoms with Gasteiger partial charge >= 0.3 is 0 Å². The fourth-order valence-corrected chi connectivity index (χ4v) is 2.79. The molecule has 1 N–H and O–H groups in total. The Bertz CT molecular complexity index is 889. The number of benzene rings is 1. The zero-order valence-corrected chi connectivity index (χ0v) is 17.4. The molecule has 0 fully saturated rings. The molecule has 2 aromatic rings. The molecule has 1 aromatic heterocycles. The lowest BCUT2D eigenvalue weighted by Gasteiger charge is -2.13. The number of pyridine rings is 1. The van der Waals surface area contributed by atoms with Crippen LogP contribution in [0.3, 0.4) is 0 Å². The van der Waals surface area contributed by atoms with Crippen LogP contribution in [0.25, 0.3) is 5.70 Å². The molecule has 5 nitrogen and oxygen atoms in total. The molecule has 0 amide bonds. The molecule has 27 heavy (non-hydrogen) atoms. The Morgan fingerprint density at radius 3 is 2.37 bits per heavy atom. The summed E-state index contributed by atoms with van der Waals surface area (Å²) in [4.78, 5) is 8.88. The third-order valence-electron chi connectivity index (χ3n) is 3.49. The topological polar surface area (TPSA) is 63.9 Å². The number of aromatic hydroxyl groups is 1. The van der Waals surface area contributed by atoms with E-state index in [1.54, 1.807) is 24.4 Å². The highest BCUT2D eigenvalue weighted by atomic mass is 35.5. The summed E-state index contributed by atoms with van der Waals surface area (Å²) in [6.45, 7) is 7.63. The van der Waals surface area contributed by atoms with Crippen LogP contribution in [-0.2, 0) is 4.74 Å². The van der Waals surface area contributed by atoms with Crippen LogP contribution in [0.1, 0.15) is 38.8 Å². The SMILES string of the molecule is COC(=NC(=C(C)C)c1ccc(O)cc1Cl)c1cnc(OC(C)C)c(Cl)c1. The van der Waals surface area contributed by atoms with Gasteiger partial charge in [-0.05, 0) is 57.5 Å². The molecule has 7 heteroatoms. The van der Waals surface area contributed by atoms with E-state index in [-0.39, 0.29) is 11.9 Å². The predicted octanol–water partition coefficient (Wildman–Crippen LogP) is 5.73. The van der Waals surface area contributed by atoms with Crippen molar-refractivity contribution in [2.24, 2.45) is 4.99 Å². The molecule has 0 bridgehead atoms. The van der Waals surface area contributed by atoms with Gasteiger partial charge in [0.15, 0.2) is 0 Å². The third-order valence-corrected chi connectivity index (χ3v) is 4.07. The van der Waals surface area contributed by atoms with E-state index in [0.29, 0.717) is 38.6 Å². The van der Waals surface area contributed by atoms with Crippen molar-refractivity contribution in [2.45, 2.75) is 33.8 Å². The van der Waals surface area contributed by atoms with Crippen LogP contribution in [0, 0.1) is 0 Å². The molecule has 2 rings (SSSR count). The van der Waals surface area contributed by atoms with E-state index in [1.165, 1.54) is 13.2 Å². The summed E-state index contributed by atoms with van der Waals surface area (Å²) in [5.74, 6) is 0.778. The minimum Gasteiger partial charge on any atom is -0.508 e. The van der Waals surface area contributed by atoms with E-state index in [0.717, 1.165) is 5.57 Å². The summed E-state index contributed by atoms with van der Waals surface area (Å²) in [5.41, 5.74) is 2.85. The minimum absolute atomic E-state index is 0.0367. The number of phenolic OH excluding ortho intramolecular Hbond substituents is 1. The summed E-state index contributed by atoms with van der Waals surface area (Å²) in [6, 6.07) is 6.43. The Morgan fingerprint density at radius 2 is 1.85 bits per heavy atom. The number of aliphatic imine (C=N–C) groups is 1. The van der Waals surface area contributed by atoms with Crippen LogP contribution in [0.15, 0.2) is 41.0 Å². The van der Waals surface area contributed by atoms with Crippen LogP contribution in [0.2, 0.25) is 10.0 Å². The number of nitrogens with zero attached hydrogens (tertiary/aromatic N) is 2. The number of ether oxygens (including phenoxy) is 2. The van der Waals surface area contributed by atoms with Crippen LogP contribution in [0.4, 0.5) is 0 Å². The van der Waals surface area contributed by atoms with E-state index < -0.39 is 0 Å². The highest BCUT2D eigenvalue weighted by Gasteiger charge is 2.14. The molecule has 0 aliphatic rings. The Labute approximate surface area is 169 Å². The molecular weight excluding hydrogens is 387 g/mol. The molecule has 0 radical (unpaired) electrons. The minimum atomic E-state index is -0.0367. The molecule has 0 saturated heterocycles. The predicted molar refractivity (Wildman–Crippen MR) is 110 cm³/mol. The molecular formula is C20H22Cl2N2O3. The second kappa shape index (κ2) is 9.11. The quantitative estimate of drug-likeness (QED) is 0.506. The molecule has 0 aliphatic carbocycles. The number of methoxy groups -OCH3 is 1. The molecule has 0 aliphatic heterocycles. The lowest BCUT2D eigenvalue weighted by Crippen LogP contribution is -2.09. The highest BCUT2D eigenvalue weighted by Crippen LogP contribution is 2.31. The van der Waals surface area contributed by atoms with Gasteiger partial charge in [-0.15, -0.1) is 0 Å². The van der Waals surface area contributed by atoms with Crippen LogP contribution in [-0.4, -0.2) is 29.2 Å². The number of hydrogen-bond donors (Lipinski definition) is 1. The second-order valence-corrected chi connectivity index (χ2v) is 7.13. The number of rotatable bonds is 5. The normalized spacial score (nSPS) is 11.5. The van der Waals surface area contributed by atoms with Gasteiger partial charge in [0.05, 0.1) is 29.5 Å². The summed E-state index contributed by atoms with van der Waals surface area (Å²) in [6.07, 6.45) is 1.55. The first-order chi connectivity index (χ1) is 12.7. The Balaban J connectivity index is 2.49. The Kier molecular flexibility index (Phi) is 7.11. The zero-order chi connectivity index (χ0) is 20.1. The molecule has 0 spiro atoms. The molecule has 1 aromatic carbocycles. The molecule has 144 valence electrons. The largest absolute Gasteiger partial charge is 0.508 e. The molecule has 0 atom stereocenters. The lowest BCUT2D eigenvalue weighted by atomic mass is 10.1. The van der Waals surface area contributed by atoms with Gasteiger partial charge < -0.3 is 14.6 Å². The fourth-order valence-electron chi connectivity index (χ4n) is 2.32. The van der Waals surface area contributed by atoms with Crippen LogP contribution >= 0.6 is 23.2 Å². The van der Waals surface area contributed by atoms with Gasteiger partial charge in [-0.3, -0.25) is 0 Å². The standard InChI is InChI=1S/C20H22Cl2N2O3/c1-11(2)18(15-7-6-14(25)9-16(15)21)24-19(26-5)13-8-17(22)20(23-10-13)27-12(3)4/h6-10,12,25H,1-5H3. The third kappa shape index (κ3) is 5.37. The first-order valence-electron chi connectivity index (χ1n) is 8.34. The molecule has 1 heterocycles. The van der Waals surface area contributed by atoms with Crippen molar-refractivity contribution in [2.75, 3.05) is 7.11 Å². The average Bonchev–Trinajstić information content (AvgIpc) is 2.58. The van der Waals surface area contributed by atoms with Gasteiger partial charge in [-0.1, -0.05) is 23.2 Å². The van der Waals surface area contributed by atoms with E-state index in [1.807, 2.05) is 27.7 Å². The van der Waals surface area contributed by atoms with E-state index in [2.05, 4.69) is 9.98 Å². The van der Waals surface area contributed by atoms with Gasteiger partial charge in [-0.25, -0.2) is 9.98 Å². The maximum Gasteiger partial charge on any atom is 0.232 e. The zero-order valence-electron chi connectivity index (χ0n) is 15.9. The lowest BCUT2D eigenvalue weighted by molar-refractivity contribution is 0.233. The maximum absolute atomic E-state index is 9.59. The smallest absolute Gasteiger partial charge is 0.232 e. The van der Waals surface area contributed by atoms with Gasteiger partial charge in [0.2, 0.25) is 11.8 Å². The first-order valence-corrected chi connectivity index (χ1v) is 9.10. The highest BCUT2D eigenvalue weighted by molar-refractivity contribution is 6.33. The first kappa shape index (κ1) is 21.1. The van der Waals surface area contributed by atoms with Gasteiger partial charge in [0, 0.05) is 11.8 Å². The van der Waals surface area contributed by atoms with E-state index in [4.69, 9.17) is 32.7 Å². The van der Waals surface area contributed by atoms with Gasteiger partial charge in [0.1, 0.15) is 10.8 Å². The number of phenols is 1. The number of aromatic nitrogens is 1. The summed E-state index contributed by atoms with van der Waals surface area (Å²) < 4.78 is 11.0. The molecule has 0 unspecified atom stereocenters. The number of allylic oxidation sites excluding steroid dienone is 1. The maximum atomic E-state index is 9.59. The monoisotopic (exact) mass is 408 g/mol. The van der Waals surface area contributed by atoms with Crippen LogP contribution in [0.5, 0.6) is 11.6 Å². The number of hydrogen-bond acceptors (Lipinski definition) is 5. The van der Waals surface area contributed by atoms with E-state index >= 15 is 0 Å². The van der Waals surface area contributed by atoms with E-state index in [9.17, 15) is 5.11 Å². The summed E-state index contributed by atoms with van der Waals surface area (Å²) >= 11 is 12.6.